The third-order valence-electron chi connectivity index (χ3n) is 1.86. The first-order valence-corrected chi connectivity index (χ1v) is 4.55. The van der Waals surface area contributed by atoms with Crippen LogP contribution in [-0.4, -0.2) is 13.1 Å². The monoisotopic (exact) mass is 217 g/mol. The highest BCUT2D eigenvalue weighted by molar-refractivity contribution is 5.89. The summed E-state index contributed by atoms with van der Waals surface area (Å²) in [5.41, 5.74) is 0.503. The number of carbonyl (C=O) groups is 1. The maximum atomic E-state index is 11.4. The number of carbonyl (C=O) groups excluding carboxylic acids is 1. The lowest BCUT2D eigenvalue weighted by Gasteiger charge is -2.09. The number of esters is 1. The molecule has 0 fully saturated rings. The number of hydrogen-bond acceptors (Lipinski definition) is 4. The van der Waals surface area contributed by atoms with Crippen molar-refractivity contribution in [2.45, 2.75) is 6.92 Å². The molecule has 0 heterocycles. The van der Waals surface area contributed by atoms with E-state index in [1.54, 1.807) is 18.2 Å². The van der Waals surface area contributed by atoms with E-state index in [1.165, 1.54) is 14.0 Å². The van der Waals surface area contributed by atoms with Crippen molar-refractivity contribution in [2.24, 2.45) is 0 Å². The molecule has 0 spiro atoms. The number of ether oxygens (including phenoxy) is 2. The van der Waals surface area contributed by atoms with Crippen LogP contribution in [0.5, 0.6) is 11.5 Å². The molecule has 16 heavy (non-hydrogen) atoms. The molecule has 4 nitrogen and oxygen atoms in total. The minimum atomic E-state index is -0.582. The summed E-state index contributed by atoms with van der Waals surface area (Å²) in [4.78, 5) is 11.4. The predicted molar refractivity (Wildman–Crippen MR) is 58.2 cm³/mol. The Balaban J connectivity index is 3.15. The van der Waals surface area contributed by atoms with Gasteiger partial charge in [-0.15, -0.1) is 0 Å². The van der Waals surface area contributed by atoms with Crippen LogP contribution in [-0.2, 0) is 4.79 Å². The number of nitriles is 1. The number of hydrogen-bond donors (Lipinski definition) is 0. The first-order chi connectivity index (χ1) is 7.60. The zero-order valence-electron chi connectivity index (χ0n) is 9.11. The van der Waals surface area contributed by atoms with Crippen molar-refractivity contribution < 1.29 is 14.3 Å². The Morgan fingerprint density at radius 3 is 2.69 bits per heavy atom. The Morgan fingerprint density at radius 1 is 1.50 bits per heavy atom. The zero-order valence-corrected chi connectivity index (χ0v) is 9.11. The van der Waals surface area contributed by atoms with E-state index in [0.29, 0.717) is 5.75 Å². The third-order valence-corrected chi connectivity index (χ3v) is 1.86. The highest BCUT2D eigenvalue weighted by Gasteiger charge is 2.14. The van der Waals surface area contributed by atoms with Crippen LogP contribution in [0.4, 0.5) is 0 Å². The Hall–Kier alpha value is -2.28. The summed E-state index contributed by atoms with van der Waals surface area (Å²) in [6, 6.07) is 6.73. The van der Waals surface area contributed by atoms with E-state index >= 15 is 0 Å². The van der Waals surface area contributed by atoms with Crippen molar-refractivity contribution in [2.75, 3.05) is 7.11 Å². The first-order valence-electron chi connectivity index (χ1n) is 4.55. The van der Waals surface area contributed by atoms with Crippen molar-refractivity contribution in [3.8, 4) is 17.6 Å². The van der Waals surface area contributed by atoms with Crippen molar-refractivity contribution in [1.29, 1.82) is 5.26 Å². The Bertz CT molecular complexity index is 472. The molecule has 0 N–H and O–H groups in total. The molecule has 1 aromatic rings. The first kappa shape index (κ1) is 11.8. The van der Waals surface area contributed by atoms with Crippen LogP contribution in [0.15, 0.2) is 30.4 Å². The average molecular weight is 217 g/mol. The van der Waals surface area contributed by atoms with Gasteiger partial charge in [0.15, 0.2) is 11.5 Å². The fraction of sp³-hybridized carbons (Fsp3) is 0.167. The van der Waals surface area contributed by atoms with Crippen LogP contribution in [0.2, 0.25) is 0 Å². The summed E-state index contributed by atoms with van der Waals surface area (Å²) in [5.74, 6) is -0.116. The normalized spacial score (nSPS) is 9.06. The fourth-order valence-corrected chi connectivity index (χ4v) is 1.05. The van der Waals surface area contributed by atoms with Gasteiger partial charge in [0.05, 0.1) is 12.7 Å². The third kappa shape index (κ3) is 2.39. The van der Waals surface area contributed by atoms with Crippen molar-refractivity contribution in [1.82, 2.24) is 0 Å². The molecule has 0 radical (unpaired) electrons. The van der Waals surface area contributed by atoms with Gasteiger partial charge in [-0.1, -0.05) is 12.6 Å². The summed E-state index contributed by atoms with van der Waals surface area (Å²) in [6.07, 6.45) is 0. The summed E-state index contributed by atoms with van der Waals surface area (Å²) in [6.45, 7) is 5.00. The van der Waals surface area contributed by atoms with Gasteiger partial charge in [-0.3, -0.25) is 0 Å². The molecular weight excluding hydrogens is 206 g/mol. The molecule has 0 saturated carbocycles. The number of methoxy groups -OCH3 is 1. The van der Waals surface area contributed by atoms with Crippen molar-refractivity contribution >= 4 is 5.97 Å². The number of rotatable bonds is 3. The van der Waals surface area contributed by atoms with Gasteiger partial charge < -0.3 is 9.47 Å². The molecule has 1 rings (SSSR count). The van der Waals surface area contributed by atoms with Crippen molar-refractivity contribution in [3.63, 3.8) is 0 Å². The molecule has 0 bridgehead atoms. The zero-order chi connectivity index (χ0) is 12.1. The van der Waals surface area contributed by atoms with Gasteiger partial charge in [0.25, 0.3) is 0 Å². The SMILES string of the molecule is C=C(C)C(=O)Oc1c(C#N)cccc1OC. The smallest absolute Gasteiger partial charge is 0.338 e. The molecule has 0 saturated heterocycles. The maximum absolute atomic E-state index is 11.4. The van der Waals surface area contributed by atoms with Crippen LogP contribution in [0.3, 0.4) is 0 Å². The largest absolute Gasteiger partial charge is 0.493 e. The number of nitrogens with zero attached hydrogens (tertiary/aromatic N) is 1. The second kappa shape index (κ2) is 4.99. The molecule has 0 aliphatic rings. The lowest BCUT2D eigenvalue weighted by molar-refractivity contribution is -0.130. The maximum Gasteiger partial charge on any atom is 0.338 e. The van der Waals surface area contributed by atoms with Crippen LogP contribution in [0.1, 0.15) is 12.5 Å². The Labute approximate surface area is 93.7 Å². The molecule has 0 aliphatic carbocycles. The molecule has 0 atom stereocenters. The van der Waals surface area contributed by atoms with E-state index in [4.69, 9.17) is 14.7 Å². The summed E-state index contributed by atoms with van der Waals surface area (Å²) >= 11 is 0. The quantitative estimate of drug-likeness (QED) is 0.441. The average Bonchev–Trinajstić information content (AvgIpc) is 2.29. The van der Waals surface area contributed by atoms with E-state index in [-0.39, 0.29) is 16.9 Å². The van der Waals surface area contributed by atoms with E-state index in [9.17, 15) is 4.79 Å². The van der Waals surface area contributed by atoms with Gasteiger partial charge in [-0.05, 0) is 19.1 Å². The van der Waals surface area contributed by atoms with Gasteiger partial charge in [-0.25, -0.2) is 4.79 Å². The highest BCUT2D eigenvalue weighted by Crippen LogP contribution is 2.30. The minimum absolute atomic E-state index is 0.125. The van der Waals surface area contributed by atoms with E-state index in [0.717, 1.165) is 0 Å². The van der Waals surface area contributed by atoms with Crippen LogP contribution >= 0.6 is 0 Å². The Morgan fingerprint density at radius 2 is 2.19 bits per heavy atom. The second-order valence-electron chi connectivity index (χ2n) is 3.12. The molecule has 0 aromatic heterocycles. The molecule has 0 aliphatic heterocycles. The van der Waals surface area contributed by atoms with Crippen molar-refractivity contribution in [3.05, 3.63) is 35.9 Å². The summed E-state index contributed by atoms with van der Waals surface area (Å²) in [7, 11) is 1.44. The molecular formula is C12H11NO3. The molecule has 4 heteroatoms. The van der Waals surface area contributed by atoms with Gasteiger partial charge in [-0.2, -0.15) is 5.26 Å². The number of para-hydroxylation sites is 1. The predicted octanol–water partition coefficient (Wildman–Crippen LogP) is 2.05. The van der Waals surface area contributed by atoms with E-state index in [1.807, 2.05) is 6.07 Å². The van der Waals surface area contributed by atoms with E-state index < -0.39 is 5.97 Å². The fourth-order valence-electron chi connectivity index (χ4n) is 1.05. The van der Waals surface area contributed by atoms with Crippen LogP contribution in [0.25, 0.3) is 0 Å². The second-order valence-corrected chi connectivity index (χ2v) is 3.12. The summed E-state index contributed by atoms with van der Waals surface area (Å²) < 4.78 is 10.0. The lowest BCUT2D eigenvalue weighted by atomic mass is 10.2. The topological polar surface area (TPSA) is 59.3 Å². The number of benzene rings is 1. The van der Waals surface area contributed by atoms with Crippen LogP contribution in [0, 0.1) is 11.3 Å². The van der Waals surface area contributed by atoms with Gasteiger partial charge >= 0.3 is 5.97 Å². The van der Waals surface area contributed by atoms with Gasteiger partial charge in [0.1, 0.15) is 6.07 Å². The van der Waals surface area contributed by atoms with Gasteiger partial charge in [0.2, 0.25) is 0 Å². The molecule has 82 valence electrons. The Kier molecular flexibility index (Phi) is 3.67. The standard InChI is InChI=1S/C12H11NO3/c1-8(2)12(14)16-11-9(7-13)5-4-6-10(11)15-3/h4-6H,1H2,2-3H3. The molecule has 0 unspecified atom stereocenters. The van der Waals surface area contributed by atoms with E-state index in [2.05, 4.69) is 6.58 Å². The lowest BCUT2D eigenvalue weighted by Crippen LogP contribution is -2.10. The molecule has 1 aromatic carbocycles. The highest BCUT2D eigenvalue weighted by atomic mass is 16.6. The minimum Gasteiger partial charge on any atom is -0.493 e. The summed E-state index contributed by atoms with van der Waals surface area (Å²) in [5, 5.41) is 8.87. The molecule has 0 amide bonds. The van der Waals surface area contributed by atoms with Crippen LogP contribution < -0.4 is 9.47 Å². The van der Waals surface area contributed by atoms with Gasteiger partial charge in [0, 0.05) is 5.57 Å².